The zero-order valence-corrected chi connectivity index (χ0v) is 25.5. The average Bonchev–Trinajstić information content (AvgIpc) is 2.85. The van der Waals surface area contributed by atoms with Crippen LogP contribution in [0.4, 0.5) is 5.69 Å². The number of hydrogen-bond acceptors (Lipinski definition) is 5. The quantitative estimate of drug-likeness (QED) is 0.117. The molecule has 0 aliphatic carbocycles. The molecule has 0 bridgehead atoms. The van der Waals surface area contributed by atoms with Crippen LogP contribution in [0.25, 0.3) is 6.08 Å². The summed E-state index contributed by atoms with van der Waals surface area (Å²) in [7, 11) is 0. The molecule has 1 N–H and O–H groups in total. The van der Waals surface area contributed by atoms with Gasteiger partial charge in [-0.05, 0) is 89.8 Å². The lowest BCUT2D eigenvalue weighted by Gasteiger charge is -2.29. The number of anilines is 1. The molecule has 38 heavy (non-hydrogen) atoms. The van der Waals surface area contributed by atoms with E-state index in [0.717, 1.165) is 10.5 Å². The molecule has 1 saturated heterocycles. The Labute approximate surface area is 257 Å². The third-order valence-corrected chi connectivity index (χ3v) is 7.79. The summed E-state index contributed by atoms with van der Waals surface area (Å²) in [5.74, 6) is -0.354. The monoisotopic (exact) mass is 720 g/mol. The van der Waals surface area contributed by atoms with Crippen LogP contribution in [0.3, 0.4) is 0 Å². The minimum atomic E-state index is -0.645. The molecule has 0 radical (unpaired) electrons. The van der Waals surface area contributed by atoms with E-state index in [0.29, 0.717) is 37.3 Å². The van der Waals surface area contributed by atoms with Crippen LogP contribution >= 0.6 is 81.2 Å². The van der Waals surface area contributed by atoms with Gasteiger partial charge in [0.2, 0.25) is 0 Å². The number of rotatable bonds is 7. The van der Waals surface area contributed by atoms with Gasteiger partial charge in [-0.15, -0.1) is 0 Å². The zero-order valence-electron chi connectivity index (χ0n) is 19.5. The summed E-state index contributed by atoms with van der Waals surface area (Å²) in [4.78, 5) is 27.3. The van der Waals surface area contributed by atoms with Crippen LogP contribution in [0, 0.1) is 3.57 Å². The Bertz CT molecular complexity index is 1500. The fourth-order valence-corrected chi connectivity index (χ4v) is 5.47. The van der Waals surface area contributed by atoms with E-state index in [9.17, 15) is 9.59 Å². The van der Waals surface area contributed by atoms with Crippen molar-refractivity contribution in [1.82, 2.24) is 5.32 Å². The third-order valence-electron chi connectivity index (χ3n) is 5.30. The first-order chi connectivity index (χ1) is 18.1. The number of carbonyl (C=O) groups excluding carboxylic acids is 2. The summed E-state index contributed by atoms with van der Waals surface area (Å²) < 4.78 is 12.6. The highest BCUT2D eigenvalue weighted by Crippen LogP contribution is 2.37. The average molecular weight is 722 g/mol. The van der Waals surface area contributed by atoms with Crippen LogP contribution in [0.1, 0.15) is 18.1 Å². The Balaban J connectivity index is 1.68. The van der Waals surface area contributed by atoms with Crippen LogP contribution in [0.2, 0.25) is 20.1 Å². The fraction of sp³-hybridized carbons (Fsp3) is 0.115. The molecule has 0 atom stereocenters. The van der Waals surface area contributed by atoms with Gasteiger partial charge in [-0.3, -0.25) is 19.8 Å². The number of amides is 2. The molecule has 0 unspecified atom stereocenters. The van der Waals surface area contributed by atoms with E-state index in [1.165, 1.54) is 6.08 Å². The number of carbonyl (C=O) groups is 2. The van der Waals surface area contributed by atoms with Crippen molar-refractivity contribution in [2.24, 2.45) is 0 Å². The summed E-state index contributed by atoms with van der Waals surface area (Å²) in [6.45, 7) is 2.38. The largest absolute Gasteiger partial charge is 0.490 e. The fourth-order valence-electron chi connectivity index (χ4n) is 3.57. The SMILES string of the molecule is CCOc1cc(/C=C2\C(=O)NC(=S)N(c3cccc(Cl)c3Cl)C2=O)cc(I)c1OCc1ccc(Cl)cc1Cl. The summed E-state index contributed by atoms with van der Waals surface area (Å²) >= 11 is 32.1. The number of nitrogens with zero attached hydrogens (tertiary/aromatic N) is 1. The van der Waals surface area contributed by atoms with E-state index in [-0.39, 0.29) is 33.0 Å². The van der Waals surface area contributed by atoms with Crippen molar-refractivity contribution in [1.29, 1.82) is 0 Å². The molecule has 1 aliphatic heterocycles. The first kappa shape index (κ1) is 28.9. The molecule has 12 heteroatoms. The molecular formula is C26H17Cl4IN2O4S. The van der Waals surface area contributed by atoms with E-state index < -0.39 is 11.8 Å². The maximum atomic E-state index is 13.4. The molecule has 196 valence electrons. The number of hydrogen-bond donors (Lipinski definition) is 1. The molecule has 0 aromatic heterocycles. The van der Waals surface area contributed by atoms with Crippen molar-refractivity contribution in [3.8, 4) is 11.5 Å². The topological polar surface area (TPSA) is 67.9 Å². The van der Waals surface area contributed by atoms with Gasteiger partial charge < -0.3 is 9.47 Å². The summed E-state index contributed by atoms with van der Waals surface area (Å²) in [6, 6.07) is 13.4. The van der Waals surface area contributed by atoms with Crippen LogP contribution < -0.4 is 19.7 Å². The van der Waals surface area contributed by atoms with Gasteiger partial charge >= 0.3 is 0 Å². The second-order valence-corrected chi connectivity index (χ2v) is 11.0. The molecule has 2 amide bonds. The summed E-state index contributed by atoms with van der Waals surface area (Å²) in [5, 5.41) is 3.82. The lowest BCUT2D eigenvalue weighted by Crippen LogP contribution is -2.54. The summed E-state index contributed by atoms with van der Waals surface area (Å²) in [5.41, 5.74) is 1.41. The number of nitrogens with one attached hydrogen (secondary N) is 1. The lowest BCUT2D eigenvalue weighted by molar-refractivity contribution is -0.122. The Kier molecular flexibility index (Phi) is 9.44. The number of benzene rings is 3. The highest BCUT2D eigenvalue weighted by molar-refractivity contribution is 14.1. The van der Waals surface area contributed by atoms with Crippen molar-refractivity contribution >= 4 is 110 Å². The number of thiocarbonyl (C=S) groups is 1. The van der Waals surface area contributed by atoms with Gasteiger partial charge in [-0.2, -0.15) is 0 Å². The van der Waals surface area contributed by atoms with Gasteiger partial charge in [0, 0.05) is 15.6 Å². The van der Waals surface area contributed by atoms with Gasteiger partial charge in [0.1, 0.15) is 12.2 Å². The number of halogens is 5. The highest BCUT2D eigenvalue weighted by Gasteiger charge is 2.35. The predicted octanol–water partition coefficient (Wildman–Crippen LogP) is 7.71. The van der Waals surface area contributed by atoms with Gasteiger partial charge in [0.25, 0.3) is 11.8 Å². The number of ether oxygens (including phenoxy) is 2. The van der Waals surface area contributed by atoms with Crippen molar-refractivity contribution in [2.75, 3.05) is 11.5 Å². The van der Waals surface area contributed by atoms with Crippen molar-refractivity contribution in [3.63, 3.8) is 0 Å². The summed E-state index contributed by atoms with van der Waals surface area (Å²) in [6.07, 6.45) is 1.45. The van der Waals surface area contributed by atoms with Crippen LogP contribution in [0.15, 0.2) is 54.1 Å². The molecule has 6 nitrogen and oxygen atoms in total. The third kappa shape index (κ3) is 6.21. The minimum absolute atomic E-state index is 0.101. The Hall–Kier alpha value is -2.08. The smallest absolute Gasteiger partial charge is 0.270 e. The first-order valence-electron chi connectivity index (χ1n) is 11.0. The lowest BCUT2D eigenvalue weighted by atomic mass is 10.1. The maximum absolute atomic E-state index is 13.4. The molecule has 3 aromatic rings. The Morgan fingerprint density at radius 2 is 1.79 bits per heavy atom. The Morgan fingerprint density at radius 1 is 1.03 bits per heavy atom. The van der Waals surface area contributed by atoms with Gasteiger partial charge in [0.15, 0.2) is 16.6 Å². The van der Waals surface area contributed by atoms with Gasteiger partial charge in [-0.25, -0.2) is 0 Å². The minimum Gasteiger partial charge on any atom is -0.490 e. The van der Waals surface area contributed by atoms with E-state index in [2.05, 4.69) is 27.9 Å². The second kappa shape index (κ2) is 12.4. The zero-order chi connectivity index (χ0) is 27.6. The normalized spacial score (nSPS) is 14.6. The predicted molar refractivity (Wildman–Crippen MR) is 164 cm³/mol. The van der Waals surface area contributed by atoms with E-state index in [1.54, 1.807) is 48.5 Å². The van der Waals surface area contributed by atoms with Crippen molar-refractivity contribution < 1.29 is 19.1 Å². The molecule has 0 spiro atoms. The van der Waals surface area contributed by atoms with Crippen molar-refractivity contribution in [2.45, 2.75) is 13.5 Å². The van der Waals surface area contributed by atoms with E-state index in [4.69, 9.17) is 68.1 Å². The molecule has 1 aliphatic rings. The maximum Gasteiger partial charge on any atom is 0.270 e. The van der Waals surface area contributed by atoms with Gasteiger partial charge in [0.05, 0.1) is 25.9 Å². The first-order valence-corrected chi connectivity index (χ1v) is 14.0. The molecule has 0 saturated carbocycles. The van der Waals surface area contributed by atoms with Gasteiger partial charge in [-0.1, -0.05) is 58.5 Å². The second-order valence-electron chi connectivity index (χ2n) is 7.82. The van der Waals surface area contributed by atoms with E-state index in [1.807, 2.05) is 6.92 Å². The highest BCUT2D eigenvalue weighted by atomic mass is 127. The standard InChI is InChI=1S/C26H17Cl4IN2O4S/c1-2-36-21-10-13(9-19(31)23(21)37-12-14-6-7-15(27)11-18(14)29)8-16-24(34)32-26(38)33(25(16)35)20-5-3-4-17(28)22(20)30/h3-11H,2,12H2,1H3,(H,32,34,38)/b16-8+. The molecule has 1 fully saturated rings. The van der Waals surface area contributed by atoms with E-state index >= 15 is 0 Å². The molecular weight excluding hydrogens is 705 g/mol. The molecule has 1 heterocycles. The Morgan fingerprint density at radius 3 is 2.50 bits per heavy atom. The molecule has 3 aromatic carbocycles. The molecule has 4 rings (SSSR count). The van der Waals surface area contributed by atoms with Crippen LogP contribution in [0.5, 0.6) is 11.5 Å². The van der Waals surface area contributed by atoms with Crippen LogP contribution in [-0.2, 0) is 16.2 Å². The van der Waals surface area contributed by atoms with Crippen LogP contribution in [-0.4, -0.2) is 23.5 Å². The van der Waals surface area contributed by atoms with Crippen molar-refractivity contribution in [3.05, 3.63) is 88.9 Å².